The molecule has 1 atom stereocenters. The van der Waals surface area contributed by atoms with E-state index in [9.17, 15) is 8.78 Å². The van der Waals surface area contributed by atoms with E-state index in [0.29, 0.717) is 18.3 Å². The van der Waals surface area contributed by atoms with Crippen LogP contribution in [0, 0.1) is 0 Å². The van der Waals surface area contributed by atoms with E-state index in [2.05, 4.69) is 10.1 Å². The van der Waals surface area contributed by atoms with Gasteiger partial charge in [-0.15, -0.1) is 0 Å². The van der Waals surface area contributed by atoms with Gasteiger partial charge in [-0.05, 0) is 13.3 Å². The number of nitrogens with two attached hydrogens (primary N) is 1. The van der Waals surface area contributed by atoms with Gasteiger partial charge in [0.25, 0.3) is 6.43 Å². The average Bonchev–Trinajstić information content (AvgIpc) is 2.84. The van der Waals surface area contributed by atoms with Gasteiger partial charge in [-0.25, -0.2) is 8.78 Å². The summed E-state index contributed by atoms with van der Waals surface area (Å²) in [5.74, 6) is 0.638. The lowest BCUT2D eigenvalue weighted by Gasteiger charge is -2.19. The van der Waals surface area contributed by atoms with E-state index in [1.807, 2.05) is 6.92 Å². The molecule has 1 aromatic heterocycles. The first kappa shape index (κ1) is 16.9. The molecule has 0 radical (unpaired) electrons. The molecule has 0 spiro atoms. The second-order valence-electron chi connectivity index (χ2n) is 4.70. The van der Waals surface area contributed by atoms with E-state index >= 15 is 0 Å². The molecule has 2 N–H and O–H groups in total. The van der Waals surface area contributed by atoms with Crippen molar-refractivity contribution >= 4 is 0 Å². The molecule has 1 unspecified atom stereocenters. The first-order chi connectivity index (χ1) is 9.45. The van der Waals surface area contributed by atoms with Gasteiger partial charge in [0.05, 0.1) is 19.6 Å². The molecule has 1 heterocycles. The molecule has 1 rings (SSSR count). The maximum atomic E-state index is 11.9. The van der Waals surface area contributed by atoms with Crippen molar-refractivity contribution in [2.75, 3.05) is 26.4 Å². The van der Waals surface area contributed by atoms with Gasteiger partial charge in [0.2, 0.25) is 5.89 Å². The summed E-state index contributed by atoms with van der Waals surface area (Å²) >= 11 is 0. The lowest BCUT2D eigenvalue weighted by molar-refractivity contribution is 0.0171. The lowest BCUT2D eigenvalue weighted by atomic mass is 10.1. The van der Waals surface area contributed by atoms with Crippen LogP contribution in [0.2, 0.25) is 0 Å². The van der Waals surface area contributed by atoms with Gasteiger partial charge in [-0.2, -0.15) is 4.98 Å². The van der Waals surface area contributed by atoms with Gasteiger partial charge in [0.1, 0.15) is 12.1 Å². The molecular formula is C12H21F2N3O3. The third-order valence-electron chi connectivity index (χ3n) is 2.43. The highest BCUT2D eigenvalue weighted by Gasteiger charge is 2.27. The van der Waals surface area contributed by atoms with Crippen molar-refractivity contribution in [2.45, 2.75) is 38.7 Å². The Morgan fingerprint density at radius 3 is 2.75 bits per heavy atom. The summed E-state index contributed by atoms with van der Waals surface area (Å²) in [6, 6.07) is 0. The number of nitrogens with zero attached hydrogens (tertiary/aromatic N) is 2. The zero-order chi connectivity index (χ0) is 15.0. The zero-order valence-electron chi connectivity index (χ0n) is 11.8. The molecule has 0 fully saturated rings. The number of hydrogen-bond donors (Lipinski definition) is 1. The normalized spacial score (nSPS) is 14.7. The first-order valence-electron chi connectivity index (χ1n) is 6.51. The highest BCUT2D eigenvalue weighted by atomic mass is 19.3. The summed E-state index contributed by atoms with van der Waals surface area (Å²) < 4.78 is 38.8. The smallest absolute Gasteiger partial charge is 0.261 e. The number of hydrogen-bond acceptors (Lipinski definition) is 6. The van der Waals surface area contributed by atoms with Crippen molar-refractivity contribution < 1.29 is 22.8 Å². The SMILES string of the molecule is CCCOCC(C)(N)c1noc(CCOCC(F)F)n1. The maximum Gasteiger partial charge on any atom is 0.261 e. The summed E-state index contributed by atoms with van der Waals surface area (Å²) in [5, 5.41) is 3.79. The topological polar surface area (TPSA) is 83.4 Å². The van der Waals surface area contributed by atoms with Crippen molar-refractivity contribution in [3.63, 3.8) is 0 Å². The van der Waals surface area contributed by atoms with Crippen LogP contribution in [-0.2, 0) is 21.4 Å². The average molecular weight is 293 g/mol. The molecule has 8 heteroatoms. The van der Waals surface area contributed by atoms with E-state index in [4.69, 9.17) is 19.7 Å². The number of aromatic nitrogens is 2. The van der Waals surface area contributed by atoms with Crippen LogP contribution in [0.25, 0.3) is 0 Å². The largest absolute Gasteiger partial charge is 0.379 e. The van der Waals surface area contributed by atoms with Gasteiger partial charge < -0.3 is 19.7 Å². The monoisotopic (exact) mass is 293 g/mol. The van der Waals surface area contributed by atoms with E-state index in [0.717, 1.165) is 6.42 Å². The minimum atomic E-state index is -2.48. The molecule has 20 heavy (non-hydrogen) atoms. The zero-order valence-corrected chi connectivity index (χ0v) is 11.8. The van der Waals surface area contributed by atoms with Crippen molar-refractivity contribution in [1.82, 2.24) is 10.1 Å². The summed E-state index contributed by atoms with van der Waals surface area (Å²) in [5.41, 5.74) is 5.20. The summed E-state index contributed by atoms with van der Waals surface area (Å²) in [7, 11) is 0. The van der Waals surface area contributed by atoms with E-state index in [1.165, 1.54) is 0 Å². The maximum absolute atomic E-state index is 11.9. The Morgan fingerprint density at radius 1 is 1.35 bits per heavy atom. The highest BCUT2D eigenvalue weighted by Crippen LogP contribution is 2.15. The Balaban J connectivity index is 2.41. The number of halogens is 2. The Morgan fingerprint density at radius 2 is 2.10 bits per heavy atom. The number of alkyl halides is 2. The van der Waals surface area contributed by atoms with Gasteiger partial charge in [-0.3, -0.25) is 0 Å². The van der Waals surface area contributed by atoms with E-state index < -0.39 is 18.6 Å². The van der Waals surface area contributed by atoms with Crippen LogP contribution in [0.15, 0.2) is 4.52 Å². The molecule has 0 aromatic carbocycles. The minimum absolute atomic E-state index is 0.0968. The number of ether oxygens (including phenoxy) is 2. The van der Waals surface area contributed by atoms with Crippen LogP contribution < -0.4 is 5.73 Å². The summed E-state index contributed by atoms with van der Waals surface area (Å²) in [6.45, 7) is 4.13. The standard InChI is InChI=1S/C12H21F2N3O3/c1-3-5-19-8-12(2,15)11-16-10(20-17-11)4-6-18-7-9(13)14/h9H,3-8,15H2,1-2H3. The lowest BCUT2D eigenvalue weighted by Crippen LogP contribution is -2.39. The summed E-state index contributed by atoms with van der Waals surface area (Å²) in [6.07, 6.45) is -1.31. The minimum Gasteiger partial charge on any atom is -0.379 e. The fraction of sp³-hybridized carbons (Fsp3) is 0.833. The van der Waals surface area contributed by atoms with Gasteiger partial charge in [-0.1, -0.05) is 12.1 Å². The van der Waals surface area contributed by atoms with Crippen LogP contribution in [-0.4, -0.2) is 43.0 Å². The second-order valence-corrected chi connectivity index (χ2v) is 4.70. The Bertz CT molecular complexity index is 386. The van der Waals surface area contributed by atoms with Crippen LogP contribution in [0.5, 0.6) is 0 Å². The molecule has 0 saturated heterocycles. The van der Waals surface area contributed by atoms with Crippen molar-refractivity contribution in [2.24, 2.45) is 5.73 Å². The van der Waals surface area contributed by atoms with Gasteiger partial charge >= 0.3 is 0 Å². The van der Waals surface area contributed by atoms with Gasteiger partial charge in [0, 0.05) is 6.61 Å². The highest BCUT2D eigenvalue weighted by molar-refractivity contribution is 5.01. The molecule has 0 aliphatic heterocycles. The van der Waals surface area contributed by atoms with Crippen LogP contribution >= 0.6 is 0 Å². The molecular weight excluding hydrogens is 272 g/mol. The quantitative estimate of drug-likeness (QED) is 0.658. The molecule has 116 valence electrons. The molecule has 6 nitrogen and oxygen atoms in total. The third-order valence-corrected chi connectivity index (χ3v) is 2.43. The second kappa shape index (κ2) is 8.23. The molecule has 0 amide bonds. The molecule has 0 bridgehead atoms. The number of rotatable bonds is 10. The predicted octanol–water partition coefficient (Wildman–Crippen LogP) is 1.49. The first-order valence-corrected chi connectivity index (χ1v) is 6.51. The van der Waals surface area contributed by atoms with Crippen LogP contribution in [0.4, 0.5) is 8.78 Å². The summed E-state index contributed by atoms with van der Waals surface area (Å²) in [4.78, 5) is 4.13. The van der Waals surface area contributed by atoms with Crippen molar-refractivity contribution in [3.8, 4) is 0 Å². The van der Waals surface area contributed by atoms with Crippen molar-refractivity contribution in [1.29, 1.82) is 0 Å². The van der Waals surface area contributed by atoms with E-state index in [-0.39, 0.29) is 19.6 Å². The van der Waals surface area contributed by atoms with Crippen LogP contribution in [0.3, 0.4) is 0 Å². The van der Waals surface area contributed by atoms with Gasteiger partial charge in [0.15, 0.2) is 5.82 Å². The Kier molecular flexibility index (Phi) is 6.97. The molecule has 0 saturated carbocycles. The molecule has 0 aliphatic carbocycles. The fourth-order valence-corrected chi connectivity index (χ4v) is 1.41. The third kappa shape index (κ3) is 5.89. The van der Waals surface area contributed by atoms with Crippen molar-refractivity contribution in [3.05, 3.63) is 11.7 Å². The molecule has 0 aliphatic rings. The predicted molar refractivity (Wildman–Crippen MR) is 67.5 cm³/mol. The van der Waals surface area contributed by atoms with E-state index in [1.54, 1.807) is 6.92 Å². The Labute approximate surface area is 116 Å². The fourth-order valence-electron chi connectivity index (χ4n) is 1.41. The Hall–Kier alpha value is -1.12. The van der Waals surface area contributed by atoms with Crippen LogP contribution in [0.1, 0.15) is 32.0 Å². The molecule has 1 aromatic rings.